The van der Waals surface area contributed by atoms with Crippen molar-refractivity contribution in [2.45, 2.75) is 19.4 Å². The van der Waals surface area contributed by atoms with Crippen molar-refractivity contribution in [1.29, 1.82) is 0 Å². The average Bonchev–Trinajstić information content (AvgIpc) is 2.24. The minimum absolute atomic E-state index is 0.0362. The fourth-order valence-electron chi connectivity index (χ4n) is 1.41. The Morgan fingerprint density at radius 2 is 1.89 bits per heavy atom. The molecule has 0 aliphatic rings. The number of aliphatic carboxylic acids is 2. The normalized spacial score (nSPS) is 12.1. The zero-order valence-electron chi connectivity index (χ0n) is 9.23. The van der Waals surface area contributed by atoms with E-state index in [-0.39, 0.29) is 14.9 Å². The van der Waals surface area contributed by atoms with Gasteiger partial charge in [-0.15, -0.1) is 4.73 Å². The first-order valence-corrected chi connectivity index (χ1v) is 4.74. The van der Waals surface area contributed by atoms with E-state index in [9.17, 15) is 24.4 Å². The molecule has 98 valence electrons. The number of carbonyl (C=O) groups is 2. The van der Waals surface area contributed by atoms with Gasteiger partial charge in [0.2, 0.25) is 0 Å². The van der Waals surface area contributed by atoms with Crippen molar-refractivity contribution in [3.05, 3.63) is 32.6 Å². The van der Waals surface area contributed by atoms with Gasteiger partial charge in [-0.1, -0.05) is 0 Å². The van der Waals surface area contributed by atoms with Gasteiger partial charge in [-0.2, -0.15) is 0 Å². The molecule has 1 unspecified atom stereocenters. The molecule has 3 N–H and O–H groups in total. The molecular weight excluding hydrogens is 248 g/mol. The van der Waals surface area contributed by atoms with E-state index in [1.807, 2.05) is 0 Å². The van der Waals surface area contributed by atoms with Gasteiger partial charge >= 0.3 is 17.6 Å². The van der Waals surface area contributed by atoms with Crippen molar-refractivity contribution in [2.75, 3.05) is 0 Å². The lowest BCUT2D eigenvalue weighted by atomic mass is 10.2. The molecule has 0 saturated carbocycles. The lowest BCUT2D eigenvalue weighted by Gasteiger charge is -2.13. The van der Waals surface area contributed by atoms with Crippen LogP contribution in [0.3, 0.4) is 0 Å². The van der Waals surface area contributed by atoms with Gasteiger partial charge in [-0.25, -0.2) is 14.2 Å². The predicted molar refractivity (Wildman–Crippen MR) is 55.8 cm³/mol. The maximum atomic E-state index is 11.7. The maximum Gasteiger partial charge on any atom is 0.364 e. The molecule has 1 heterocycles. The summed E-state index contributed by atoms with van der Waals surface area (Å²) in [4.78, 5) is 44.6. The third-order valence-corrected chi connectivity index (χ3v) is 2.24. The van der Waals surface area contributed by atoms with E-state index < -0.39 is 35.7 Å². The van der Waals surface area contributed by atoms with Crippen LogP contribution >= 0.6 is 0 Å². The molecule has 0 radical (unpaired) electrons. The van der Waals surface area contributed by atoms with Crippen molar-refractivity contribution < 1.29 is 25.0 Å². The van der Waals surface area contributed by atoms with Crippen molar-refractivity contribution in [3.63, 3.8) is 0 Å². The minimum Gasteiger partial charge on any atom is -0.481 e. The van der Waals surface area contributed by atoms with Crippen LogP contribution in [0.1, 0.15) is 18.0 Å². The molecule has 0 amide bonds. The highest BCUT2D eigenvalue weighted by atomic mass is 16.5. The van der Waals surface area contributed by atoms with Crippen LogP contribution in [-0.4, -0.2) is 36.7 Å². The number of aryl methyl sites for hydroxylation is 1. The molecule has 1 aromatic heterocycles. The molecule has 1 aromatic rings. The van der Waals surface area contributed by atoms with Crippen LogP contribution < -0.4 is 11.2 Å². The third-order valence-electron chi connectivity index (χ3n) is 2.24. The van der Waals surface area contributed by atoms with E-state index in [1.54, 1.807) is 0 Å². The van der Waals surface area contributed by atoms with Crippen LogP contribution in [0, 0.1) is 6.92 Å². The van der Waals surface area contributed by atoms with Crippen molar-refractivity contribution in [1.82, 2.24) is 9.30 Å². The van der Waals surface area contributed by atoms with E-state index in [2.05, 4.69) is 0 Å². The van der Waals surface area contributed by atoms with Gasteiger partial charge in [0.1, 0.15) is 6.04 Å². The van der Waals surface area contributed by atoms with Crippen LogP contribution in [-0.2, 0) is 9.59 Å². The summed E-state index contributed by atoms with van der Waals surface area (Å²) in [5, 5.41) is 26.6. The highest BCUT2D eigenvalue weighted by molar-refractivity contribution is 5.79. The standard InChI is InChI=1S/C9H10N2O7/c1-4-3-10(18)9(17)11(7(4)14)5(8(15)16)2-6(12)13/h3,5,18H,2H2,1H3,(H,12,13)(H,15,16). The van der Waals surface area contributed by atoms with Crippen LogP contribution in [0.15, 0.2) is 15.8 Å². The fourth-order valence-corrected chi connectivity index (χ4v) is 1.41. The molecule has 18 heavy (non-hydrogen) atoms. The number of rotatable bonds is 4. The smallest absolute Gasteiger partial charge is 0.364 e. The van der Waals surface area contributed by atoms with Gasteiger partial charge in [-0.05, 0) is 6.92 Å². The molecule has 0 aliphatic heterocycles. The second kappa shape index (κ2) is 4.73. The number of carboxylic acid groups (broad SMARTS) is 2. The Labute approximate surface area is 99.1 Å². The Kier molecular flexibility index (Phi) is 3.55. The lowest BCUT2D eigenvalue weighted by molar-refractivity contribution is -0.147. The number of nitrogens with zero attached hydrogens (tertiary/aromatic N) is 2. The van der Waals surface area contributed by atoms with E-state index in [4.69, 9.17) is 10.2 Å². The Bertz CT molecular complexity index is 578. The van der Waals surface area contributed by atoms with E-state index in [0.717, 1.165) is 6.20 Å². The fraction of sp³-hybridized carbons (Fsp3) is 0.333. The quantitative estimate of drug-likeness (QED) is 0.567. The van der Waals surface area contributed by atoms with Gasteiger partial charge in [0.05, 0.1) is 12.6 Å². The highest BCUT2D eigenvalue weighted by Gasteiger charge is 2.27. The molecule has 1 rings (SSSR count). The van der Waals surface area contributed by atoms with E-state index in [0.29, 0.717) is 0 Å². The Morgan fingerprint density at radius 1 is 1.33 bits per heavy atom. The lowest BCUT2D eigenvalue weighted by Crippen LogP contribution is -2.45. The summed E-state index contributed by atoms with van der Waals surface area (Å²) in [5.41, 5.74) is -2.35. The van der Waals surface area contributed by atoms with Crippen molar-refractivity contribution in [2.24, 2.45) is 0 Å². The summed E-state index contributed by atoms with van der Waals surface area (Å²) in [7, 11) is 0. The highest BCUT2D eigenvalue weighted by Crippen LogP contribution is 2.07. The van der Waals surface area contributed by atoms with Crippen LogP contribution in [0.4, 0.5) is 0 Å². The van der Waals surface area contributed by atoms with E-state index in [1.165, 1.54) is 6.92 Å². The zero-order valence-corrected chi connectivity index (χ0v) is 9.23. The van der Waals surface area contributed by atoms with Gasteiger partial charge in [0.15, 0.2) is 0 Å². The summed E-state index contributed by atoms with van der Waals surface area (Å²) >= 11 is 0. The van der Waals surface area contributed by atoms with Gasteiger partial charge < -0.3 is 15.4 Å². The Balaban J connectivity index is 3.55. The number of hydrogen-bond acceptors (Lipinski definition) is 5. The van der Waals surface area contributed by atoms with Gasteiger partial charge in [0, 0.05) is 5.56 Å². The van der Waals surface area contributed by atoms with Crippen molar-refractivity contribution >= 4 is 11.9 Å². The molecular formula is C9H10N2O7. The number of aromatic nitrogens is 2. The van der Waals surface area contributed by atoms with Crippen LogP contribution in [0.2, 0.25) is 0 Å². The molecule has 9 nitrogen and oxygen atoms in total. The topological polar surface area (TPSA) is 139 Å². The minimum atomic E-state index is -1.87. The summed E-state index contributed by atoms with van der Waals surface area (Å²) in [6.45, 7) is 1.25. The van der Waals surface area contributed by atoms with Gasteiger partial charge in [0.25, 0.3) is 5.56 Å². The molecule has 0 aliphatic carbocycles. The molecule has 1 atom stereocenters. The maximum absolute atomic E-state index is 11.7. The first kappa shape index (κ1) is 13.5. The molecule has 0 spiro atoms. The molecule has 0 aromatic carbocycles. The van der Waals surface area contributed by atoms with Crippen molar-refractivity contribution in [3.8, 4) is 0 Å². The average molecular weight is 258 g/mol. The molecule has 0 bridgehead atoms. The monoisotopic (exact) mass is 258 g/mol. The van der Waals surface area contributed by atoms with Crippen LogP contribution in [0.25, 0.3) is 0 Å². The summed E-state index contributed by atoms with van der Waals surface area (Å²) in [6, 6.07) is -1.87. The summed E-state index contributed by atoms with van der Waals surface area (Å²) < 4.78 is 0.236. The number of hydrogen-bond donors (Lipinski definition) is 3. The Morgan fingerprint density at radius 3 is 2.33 bits per heavy atom. The van der Waals surface area contributed by atoms with E-state index >= 15 is 0 Å². The first-order valence-electron chi connectivity index (χ1n) is 4.74. The first-order chi connectivity index (χ1) is 8.25. The van der Waals surface area contributed by atoms with Gasteiger partial charge in [-0.3, -0.25) is 9.59 Å². The largest absolute Gasteiger partial charge is 0.481 e. The molecule has 0 fully saturated rings. The molecule has 0 saturated heterocycles. The summed E-state index contributed by atoms with van der Waals surface area (Å²) in [6.07, 6.45) is -0.130. The number of carboxylic acids is 2. The second-order valence-electron chi connectivity index (χ2n) is 3.57. The zero-order chi connectivity index (χ0) is 14.0. The third kappa shape index (κ3) is 2.39. The summed E-state index contributed by atoms with van der Waals surface area (Å²) in [5.74, 6) is -3.14. The predicted octanol–water partition coefficient (Wildman–Crippen LogP) is -1.34. The SMILES string of the molecule is Cc1cn(O)c(=O)n(C(CC(=O)O)C(=O)O)c1=O. The second-order valence-corrected chi connectivity index (χ2v) is 3.57. The Hall–Kier alpha value is -2.58. The van der Waals surface area contributed by atoms with Crippen LogP contribution in [0.5, 0.6) is 0 Å². The molecule has 9 heteroatoms.